The lowest BCUT2D eigenvalue weighted by atomic mass is 9.89. The van der Waals surface area contributed by atoms with Crippen molar-refractivity contribution in [1.29, 1.82) is 0 Å². The van der Waals surface area contributed by atoms with E-state index in [1.807, 2.05) is 0 Å². The third-order valence-electron chi connectivity index (χ3n) is 3.86. The Balaban J connectivity index is 2.24. The van der Waals surface area contributed by atoms with E-state index in [-0.39, 0.29) is 6.04 Å². The van der Waals surface area contributed by atoms with E-state index in [2.05, 4.69) is 42.7 Å². The van der Waals surface area contributed by atoms with Crippen molar-refractivity contribution in [3.05, 3.63) is 47.0 Å². The summed E-state index contributed by atoms with van der Waals surface area (Å²) in [7, 11) is 0. The van der Waals surface area contributed by atoms with Crippen LogP contribution in [-0.4, -0.2) is 0 Å². The highest BCUT2D eigenvalue weighted by atomic mass is 15.2. The van der Waals surface area contributed by atoms with Crippen molar-refractivity contribution in [3.8, 4) is 0 Å². The summed E-state index contributed by atoms with van der Waals surface area (Å²) in [5.74, 6) is 5.80. The molecule has 0 aliphatic heterocycles. The SMILES string of the molecule is Cc1ccccc1C(NN)/C1=C/CCCCCC1. The molecular formula is C16H24N2. The number of aryl methyl sites for hydroxylation is 1. The van der Waals surface area contributed by atoms with Crippen LogP contribution in [0, 0.1) is 6.92 Å². The molecule has 0 heterocycles. The summed E-state index contributed by atoms with van der Waals surface area (Å²) in [5.41, 5.74) is 7.09. The molecule has 2 heteroatoms. The number of rotatable bonds is 3. The van der Waals surface area contributed by atoms with Crippen molar-refractivity contribution in [2.75, 3.05) is 0 Å². The molecule has 1 aromatic rings. The first-order valence-corrected chi connectivity index (χ1v) is 7.03. The molecule has 0 radical (unpaired) electrons. The predicted molar refractivity (Wildman–Crippen MR) is 77.0 cm³/mol. The summed E-state index contributed by atoms with van der Waals surface area (Å²) in [6.45, 7) is 2.16. The molecule has 1 aliphatic carbocycles. The van der Waals surface area contributed by atoms with Crippen LogP contribution < -0.4 is 11.3 Å². The van der Waals surface area contributed by atoms with Crippen LogP contribution in [0.2, 0.25) is 0 Å². The zero-order valence-corrected chi connectivity index (χ0v) is 11.3. The van der Waals surface area contributed by atoms with Gasteiger partial charge in [0.05, 0.1) is 6.04 Å². The van der Waals surface area contributed by atoms with Gasteiger partial charge in [0, 0.05) is 0 Å². The fourth-order valence-electron chi connectivity index (χ4n) is 2.79. The largest absolute Gasteiger partial charge is 0.271 e. The van der Waals surface area contributed by atoms with Crippen LogP contribution in [0.3, 0.4) is 0 Å². The van der Waals surface area contributed by atoms with Gasteiger partial charge in [-0.25, -0.2) is 5.43 Å². The molecule has 0 saturated heterocycles. The molecule has 0 amide bonds. The highest BCUT2D eigenvalue weighted by Crippen LogP contribution is 2.29. The second-order valence-electron chi connectivity index (χ2n) is 5.19. The average molecular weight is 244 g/mol. The summed E-state index contributed by atoms with van der Waals surface area (Å²) in [5, 5.41) is 0. The van der Waals surface area contributed by atoms with Crippen molar-refractivity contribution in [3.63, 3.8) is 0 Å². The number of hydrogen-bond acceptors (Lipinski definition) is 2. The Hall–Kier alpha value is -1.12. The van der Waals surface area contributed by atoms with Crippen molar-refractivity contribution in [1.82, 2.24) is 5.43 Å². The lowest BCUT2D eigenvalue weighted by Crippen LogP contribution is -2.30. The van der Waals surface area contributed by atoms with Gasteiger partial charge in [-0.05, 0) is 43.7 Å². The minimum Gasteiger partial charge on any atom is -0.271 e. The van der Waals surface area contributed by atoms with E-state index in [4.69, 9.17) is 5.84 Å². The zero-order valence-electron chi connectivity index (χ0n) is 11.3. The molecule has 98 valence electrons. The first kappa shape index (κ1) is 13.3. The Bertz CT molecular complexity index is 409. The molecule has 0 bridgehead atoms. The molecule has 0 aromatic heterocycles. The standard InChI is InChI=1S/C16H24N2/c1-13-9-7-8-12-15(13)16(18-17)14-10-5-3-2-4-6-11-14/h7-10,12,16,18H,2-6,11,17H2,1H3/b14-10+. The van der Waals surface area contributed by atoms with Crippen molar-refractivity contribution in [2.24, 2.45) is 5.84 Å². The van der Waals surface area contributed by atoms with E-state index in [0.717, 1.165) is 0 Å². The van der Waals surface area contributed by atoms with Gasteiger partial charge in [0.15, 0.2) is 0 Å². The van der Waals surface area contributed by atoms with Gasteiger partial charge in [0.1, 0.15) is 0 Å². The van der Waals surface area contributed by atoms with Crippen LogP contribution in [0.5, 0.6) is 0 Å². The normalized spacial score (nSPS) is 21.6. The first-order valence-electron chi connectivity index (χ1n) is 7.03. The van der Waals surface area contributed by atoms with Crippen LogP contribution in [0.4, 0.5) is 0 Å². The monoisotopic (exact) mass is 244 g/mol. The number of nitrogens with one attached hydrogen (secondary N) is 1. The van der Waals surface area contributed by atoms with Gasteiger partial charge in [-0.15, -0.1) is 0 Å². The molecule has 0 spiro atoms. The Morgan fingerprint density at radius 1 is 1.11 bits per heavy atom. The summed E-state index contributed by atoms with van der Waals surface area (Å²) in [6.07, 6.45) is 10.1. The van der Waals surface area contributed by atoms with Gasteiger partial charge in [-0.1, -0.05) is 48.8 Å². The summed E-state index contributed by atoms with van der Waals surface area (Å²) in [6, 6.07) is 8.70. The number of nitrogens with two attached hydrogens (primary N) is 1. The topological polar surface area (TPSA) is 38.0 Å². The first-order chi connectivity index (χ1) is 8.83. The van der Waals surface area contributed by atoms with Gasteiger partial charge < -0.3 is 0 Å². The zero-order chi connectivity index (χ0) is 12.8. The fourth-order valence-corrected chi connectivity index (χ4v) is 2.79. The van der Waals surface area contributed by atoms with Crippen molar-refractivity contribution in [2.45, 2.75) is 51.5 Å². The quantitative estimate of drug-likeness (QED) is 0.482. The number of hydrazine groups is 1. The second-order valence-corrected chi connectivity index (χ2v) is 5.19. The third-order valence-corrected chi connectivity index (χ3v) is 3.86. The Kier molecular flexibility index (Phi) is 4.97. The maximum absolute atomic E-state index is 5.80. The van der Waals surface area contributed by atoms with Crippen LogP contribution in [0.1, 0.15) is 55.7 Å². The highest BCUT2D eigenvalue weighted by Gasteiger charge is 2.17. The second kappa shape index (κ2) is 6.72. The molecule has 1 aromatic carbocycles. The molecule has 1 atom stereocenters. The number of allylic oxidation sites excluding steroid dienone is 1. The summed E-state index contributed by atoms with van der Waals surface area (Å²) < 4.78 is 0. The Labute approximate surface area is 110 Å². The molecule has 0 fully saturated rings. The molecule has 1 unspecified atom stereocenters. The average Bonchev–Trinajstić information content (AvgIpc) is 2.34. The van der Waals surface area contributed by atoms with E-state index in [1.165, 1.54) is 55.2 Å². The van der Waals surface area contributed by atoms with Crippen LogP contribution in [0.25, 0.3) is 0 Å². The summed E-state index contributed by atoms with van der Waals surface area (Å²) in [4.78, 5) is 0. The smallest absolute Gasteiger partial charge is 0.0672 e. The molecule has 2 nitrogen and oxygen atoms in total. The minimum atomic E-state index is 0.185. The molecular weight excluding hydrogens is 220 g/mol. The van der Waals surface area contributed by atoms with Crippen LogP contribution >= 0.6 is 0 Å². The maximum atomic E-state index is 5.80. The Morgan fingerprint density at radius 3 is 2.67 bits per heavy atom. The molecule has 3 N–H and O–H groups in total. The minimum absolute atomic E-state index is 0.185. The van der Waals surface area contributed by atoms with Crippen molar-refractivity contribution < 1.29 is 0 Å². The van der Waals surface area contributed by atoms with Gasteiger partial charge in [-0.2, -0.15) is 0 Å². The van der Waals surface area contributed by atoms with Gasteiger partial charge >= 0.3 is 0 Å². The van der Waals surface area contributed by atoms with Gasteiger partial charge in [0.2, 0.25) is 0 Å². The van der Waals surface area contributed by atoms with Gasteiger partial charge in [0.25, 0.3) is 0 Å². The molecule has 2 rings (SSSR count). The fraction of sp³-hybridized carbons (Fsp3) is 0.500. The molecule has 0 saturated carbocycles. The number of hydrogen-bond donors (Lipinski definition) is 2. The van der Waals surface area contributed by atoms with E-state index in [1.54, 1.807) is 0 Å². The Morgan fingerprint density at radius 2 is 1.89 bits per heavy atom. The lowest BCUT2D eigenvalue weighted by Gasteiger charge is -2.23. The summed E-state index contributed by atoms with van der Waals surface area (Å²) >= 11 is 0. The predicted octanol–water partition coefficient (Wildman–Crippen LogP) is 3.78. The lowest BCUT2D eigenvalue weighted by molar-refractivity contribution is 0.554. The maximum Gasteiger partial charge on any atom is 0.0672 e. The van der Waals surface area contributed by atoms with E-state index in [9.17, 15) is 0 Å². The van der Waals surface area contributed by atoms with Crippen LogP contribution in [0.15, 0.2) is 35.9 Å². The van der Waals surface area contributed by atoms with E-state index >= 15 is 0 Å². The molecule has 1 aliphatic rings. The van der Waals surface area contributed by atoms with Crippen molar-refractivity contribution >= 4 is 0 Å². The number of benzene rings is 1. The van der Waals surface area contributed by atoms with Gasteiger partial charge in [-0.3, -0.25) is 5.84 Å². The van der Waals surface area contributed by atoms with E-state index in [0.29, 0.717) is 0 Å². The third kappa shape index (κ3) is 3.21. The highest BCUT2D eigenvalue weighted by molar-refractivity contribution is 5.34. The van der Waals surface area contributed by atoms with Crippen LogP contribution in [-0.2, 0) is 0 Å². The molecule has 18 heavy (non-hydrogen) atoms. The van der Waals surface area contributed by atoms with E-state index < -0.39 is 0 Å².